The van der Waals surface area contributed by atoms with Gasteiger partial charge in [0.25, 0.3) is 0 Å². The van der Waals surface area contributed by atoms with Gasteiger partial charge in [-0.15, -0.1) is 0 Å². The molecule has 0 atom stereocenters. The summed E-state index contributed by atoms with van der Waals surface area (Å²) in [5, 5.41) is 0. The van der Waals surface area contributed by atoms with Gasteiger partial charge in [0.2, 0.25) is 0 Å². The summed E-state index contributed by atoms with van der Waals surface area (Å²) in [5.41, 5.74) is 4.82. The number of hydrogen-bond donors (Lipinski definition) is 0. The van der Waals surface area contributed by atoms with Crippen molar-refractivity contribution in [3.05, 3.63) is 34.9 Å². The fourth-order valence-corrected chi connectivity index (χ4v) is 2.76. The van der Waals surface area contributed by atoms with E-state index < -0.39 is 0 Å². The zero-order valence-corrected chi connectivity index (χ0v) is 10.3. The van der Waals surface area contributed by atoms with Crippen LogP contribution in [-0.2, 0) is 18.4 Å². The Labute approximate surface area is 93.1 Å². The summed E-state index contributed by atoms with van der Waals surface area (Å²) in [6.07, 6.45) is 1.14. The van der Waals surface area contributed by atoms with Crippen molar-refractivity contribution < 1.29 is 0 Å². The summed E-state index contributed by atoms with van der Waals surface area (Å²) < 4.78 is 0. The van der Waals surface area contributed by atoms with Gasteiger partial charge >= 0.3 is 0 Å². The number of hydrogen-bond acceptors (Lipinski definition) is 1. The predicted molar refractivity (Wildman–Crippen MR) is 65.2 cm³/mol. The van der Waals surface area contributed by atoms with Gasteiger partial charge in [0, 0.05) is 18.5 Å². The number of benzene rings is 1. The quantitative estimate of drug-likeness (QED) is 0.678. The second-order valence-electron chi connectivity index (χ2n) is 5.40. The molecule has 0 unspecified atom stereocenters. The minimum absolute atomic E-state index is 0.300. The minimum Gasteiger partial charge on any atom is -0.301 e. The monoisotopic (exact) mass is 203 g/mol. The zero-order valence-electron chi connectivity index (χ0n) is 10.3. The Bertz CT molecular complexity index is 366. The first-order valence-corrected chi connectivity index (χ1v) is 5.84. The van der Waals surface area contributed by atoms with Crippen LogP contribution >= 0.6 is 0 Å². The topological polar surface area (TPSA) is 3.24 Å². The lowest BCUT2D eigenvalue weighted by atomic mass is 9.78. The van der Waals surface area contributed by atoms with Gasteiger partial charge in [-0.1, -0.05) is 39.0 Å². The second-order valence-corrected chi connectivity index (χ2v) is 5.40. The van der Waals surface area contributed by atoms with Crippen molar-refractivity contribution in [1.29, 1.82) is 0 Å². The van der Waals surface area contributed by atoms with Crippen molar-refractivity contribution in [3.63, 3.8) is 0 Å². The third-order valence-corrected chi connectivity index (χ3v) is 3.41. The average molecular weight is 203 g/mol. The third kappa shape index (κ3) is 1.93. The second kappa shape index (κ2) is 3.64. The maximum atomic E-state index is 2.42. The molecule has 1 aromatic rings. The molecule has 15 heavy (non-hydrogen) atoms. The molecule has 1 nitrogen and oxygen atoms in total. The molecule has 1 aliphatic heterocycles. The highest BCUT2D eigenvalue weighted by Crippen LogP contribution is 2.33. The summed E-state index contributed by atoms with van der Waals surface area (Å²) in [5.74, 6) is 0. The fourth-order valence-electron chi connectivity index (χ4n) is 2.76. The molecule has 0 amide bonds. The van der Waals surface area contributed by atoms with Crippen LogP contribution in [-0.4, -0.2) is 18.5 Å². The zero-order chi connectivity index (χ0) is 11.1. The maximum Gasteiger partial charge on any atom is 0.0234 e. The highest BCUT2D eigenvalue weighted by Gasteiger charge is 2.29. The summed E-state index contributed by atoms with van der Waals surface area (Å²) in [7, 11) is 2.21. The summed E-state index contributed by atoms with van der Waals surface area (Å²) in [4.78, 5) is 2.42. The first-order valence-electron chi connectivity index (χ1n) is 5.84. The van der Waals surface area contributed by atoms with Gasteiger partial charge in [0.15, 0.2) is 0 Å². The normalized spacial score (nSPS) is 20.0. The van der Waals surface area contributed by atoms with E-state index in [1.54, 1.807) is 0 Å². The molecule has 0 aliphatic carbocycles. The number of nitrogens with zero attached hydrogens (tertiary/aromatic N) is 1. The standard InChI is InChI=1S/C14H21N/c1-5-11-6-7-13-12(8-11)9-15(4)10-14(13,2)3/h6-8H,5,9-10H2,1-4H3. The molecule has 2 rings (SSSR count). The first-order chi connectivity index (χ1) is 7.03. The molecule has 0 N–H and O–H groups in total. The van der Waals surface area contributed by atoms with Crippen LogP contribution in [0, 0.1) is 0 Å². The van der Waals surface area contributed by atoms with Gasteiger partial charge < -0.3 is 4.90 Å². The molecule has 0 saturated carbocycles. The van der Waals surface area contributed by atoms with E-state index in [9.17, 15) is 0 Å². The van der Waals surface area contributed by atoms with Crippen LogP contribution in [0.5, 0.6) is 0 Å². The molecule has 82 valence electrons. The molecule has 0 radical (unpaired) electrons. The SMILES string of the molecule is CCc1ccc2c(c1)CN(C)CC2(C)C. The van der Waals surface area contributed by atoms with Crippen molar-refractivity contribution in [3.8, 4) is 0 Å². The van der Waals surface area contributed by atoms with Gasteiger partial charge in [-0.05, 0) is 30.2 Å². The lowest BCUT2D eigenvalue weighted by molar-refractivity contribution is 0.235. The van der Waals surface area contributed by atoms with Crippen molar-refractivity contribution in [1.82, 2.24) is 4.90 Å². The Morgan fingerprint density at radius 2 is 2.07 bits per heavy atom. The van der Waals surface area contributed by atoms with Crippen molar-refractivity contribution in [2.75, 3.05) is 13.6 Å². The Kier molecular flexibility index (Phi) is 2.59. The maximum absolute atomic E-state index is 2.42. The van der Waals surface area contributed by atoms with E-state index in [1.165, 1.54) is 16.7 Å². The predicted octanol–water partition coefficient (Wildman–Crippen LogP) is 2.97. The minimum atomic E-state index is 0.300. The summed E-state index contributed by atoms with van der Waals surface area (Å²) in [6.45, 7) is 9.16. The Morgan fingerprint density at radius 3 is 2.73 bits per heavy atom. The molecule has 0 bridgehead atoms. The molecule has 1 aromatic carbocycles. The Morgan fingerprint density at radius 1 is 1.33 bits per heavy atom. The Balaban J connectivity index is 2.47. The van der Waals surface area contributed by atoms with Gasteiger partial charge in [-0.25, -0.2) is 0 Å². The van der Waals surface area contributed by atoms with Crippen LogP contribution in [0.2, 0.25) is 0 Å². The van der Waals surface area contributed by atoms with Crippen LogP contribution in [0.25, 0.3) is 0 Å². The van der Waals surface area contributed by atoms with E-state index in [0.717, 1.165) is 19.5 Å². The lowest BCUT2D eigenvalue weighted by Crippen LogP contribution is -2.39. The smallest absolute Gasteiger partial charge is 0.0234 e. The van der Waals surface area contributed by atoms with Crippen molar-refractivity contribution in [2.45, 2.75) is 39.2 Å². The van der Waals surface area contributed by atoms with E-state index in [-0.39, 0.29) is 0 Å². The molecule has 1 aliphatic rings. The molecular weight excluding hydrogens is 182 g/mol. The molecule has 0 aromatic heterocycles. The van der Waals surface area contributed by atoms with E-state index >= 15 is 0 Å². The average Bonchev–Trinajstić information content (AvgIpc) is 2.15. The van der Waals surface area contributed by atoms with Crippen molar-refractivity contribution >= 4 is 0 Å². The van der Waals surface area contributed by atoms with Gasteiger partial charge in [0.1, 0.15) is 0 Å². The number of likely N-dealkylation sites (N-methyl/N-ethyl adjacent to an activating group) is 1. The molecule has 1 heteroatoms. The molecular formula is C14H21N. The van der Waals surface area contributed by atoms with Gasteiger partial charge in [0.05, 0.1) is 0 Å². The largest absolute Gasteiger partial charge is 0.301 e. The fraction of sp³-hybridized carbons (Fsp3) is 0.571. The van der Waals surface area contributed by atoms with Crippen LogP contribution < -0.4 is 0 Å². The van der Waals surface area contributed by atoms with Gasteiger partial charge in [-0.2, -0.15) is 0 Å². The van der Waals surface area contributed by atoms with E-state index in [0.29, 0.717) is 5.41 Å². The van der Waals surface area contributed by atoms with E-state index in [4.69, 9.17) is 0 Å². The molecule has 1 heterocycles. The Hall–Kier alpha value is -0.820. The highest BCUT2D eigenvalue weighted by atomic mass is 15.1. The summed E-state index contributed by atoms with van der Waals surface area (Å²) >= 11 is 0. The number of rotatable bonds is 1. The highest BCUT2D eigenvalue weighted by molar-refractivity contribution is 5.39. The number of fused-ring (bicyclic) bond motifs is 1. The summed E-state index contributed by atoms with van der Waals surface area (Å²) in [6, 6.07) is 7.00. The van der Waals surface area contributed by atoms with Crippen LogP contribution in [0.4, 0.5) is 0 Å². The number of aryl methyl sites for hydroxylation is 1. The van der Waals surface area contributed by atoms with Gasteiger partial charge in [-0.3, -0.25) is 0 Å². The third-order valence-electron chi connectivity index (χ3n) is 3.41. The van der Waals surface area contributed by atoms with Crippen LogP contribution in [0.3, 0.4) is 0 Å². The van der Waals surface area contributed by atoms with Crippen molar-refractivity contribution in [2.24, 2.45) is 0 Å². The van der Waals surface area contributed by atoms with E-state index in [2.05, 4.69) is 50.9 Å². The molecule has 0 spiro atoms. The first kappa shape index (κ1) is 10.7. The van der Waals surface area contributed by atoms with E-state index in [1.807, 2.05) is 0 Å². The molecule has 0 saturated heterocycles. The van der Waals surface area contributed by atoms with Crippen LogP contribution in [0.15, 0.2) is 18.2 Å². The lowest BCUT2D eigenvalue weighted by Gasteiger charge is -2.38. The molecule has 0 fully saturated rings. The van der Waals surface area contributed by atoms with Crippen LogP contribution in [0.1, 0.15) is 37.5 Å².